The van der Waals surface area contributed by atoms with Crippen molar-refractivity contribution in [2.75, 3.05) is 7.11 Å². The molecule has 0 bridgehead atoms. The lowest BCUT2D eigenvalue weighted by Crippen LogP contribution is -1.87. The first-order chi connectivity index (χ1) is 7.70. The molecule has 0 amide bonds. The van der Waals surface area contributed by atoms with Gasteiger partial charge in [-0.2, -0.15) is 0 Å². The van der Waals surface area contributed by atoms with E-state index >= 15 is 0 Å². The topological polar surface area (TPSA) is 22.1 Å². The van der Waals surface area contributed by atoms with Crippen LogP contribution in [-0.4, -0.2) is 12.1 Å². The van der Waals surface area contributed by atoms with Gasteiger partial charge in [0.2, 0.25) is 0 Å². The molecule has 1 aromatic carbocycles. The summed E-state index contributed by atoms with van der Waals surface area (Å²) in [4.78, 5) is 4.24. The Kier molecular flexibility index (Phi) is 3.32. The van der Waals surface area contributed by atoms with E-state index in [1.54, 1.807) is 31.5 Å². The SMILES string of the molecule is COc1ccnc(-c2ccc(Cl)cc2Cl)c1. The van der Waals surface area contributed by atoms with Gasteiger partial charge in [-0.05, 0) is 24.3 Å². The van der Waals surface area contributed by atoms with Crippen LogP contribution in [0.5, 0.6) is 5.75 Å². The average Bonchev–Trinajstić information content (AvgIpc) is 2.29. The molecule has 0 fully saturated rings. The molecule has 0 aliphatic carbocycles. The van der Waals surface area contributed by atoms with Crippen molar-refractivity contribution in [2.24, 2.45) is 0 Å². The molecule has 1 aromatic heterocycles. The number of benzene rings is 1. The van der Waals surface area contributed by atoms with Gasteiger partial charge in [-0.1, -0.05) is 23.2 Å². The maximum atomic E-state index is 6.09. The molecule has 4 heteroatoms. The monoisotopic (exact) mass is 253 g/mol. The van der Waals surface area contributed by atoms with E-state index in [-0.39, 0.29) is 0 Å². The van der Waals surface area contributed by atoms with E-state index in [2.05, 4.69) is 4.98 Å². The summed E-state index contributed by atoms with van der Waals surface area (Å²) in [6.07, 6.45) is 1.68. The van der Waals surface area contributed by atoms with Crippen molar-refractivity contribution in [1.82, 2.24) is 4.98 Å². The van der Waals surface area contributed by atoms with Crippen LogP contribution in [0.1, 0.15) is 0 Å². The van der Waals surface area contributed by atoms with Crippen molar-refractivity contribution < 1.29 is 4.74 Å². The van der Waals surface area contributed by atoms with Gasteiger partial charge in [0.15, 0.2) is 0 Å². The van der Waals surface area contributed by atoms with Crippen LogP contribution in [0.2, 0.25) is 10.0 Å². The van der Waals surface area contributed by atoms with Crippen molar-refractivity contribution in [1.29, 1.82) is 0 Å². The maximum absolute atomic E-state index is 6.09. The third kappa shape index (κ3) is 2.29. The number of ether oxygens (including phenoxy) is 1. The molecule has 0 atom stereocenters. The Balaban J connectivity index is 2.49. The average molecular weight is 254 g/mol. The van der Waals surface area contributed by atoms with Gasteiger partial charge >= 0.3 is 0 Å². The second kappa shape index (κ2) is 4.73. The van der Waals surface area contributed by atoms with Crippen LogP contribution in [0, 0.1) is 0 Å². The molecule has 0 saturated heterocycles. The summed E-state index contributed by atoms with van der Waals surface area (Å²) in [5.74, 6) is 0.746. The Labute approximate surface area is 104 Å². The first-order valence-electron chi connectivity index (χ1n) is 4.66. The molecule has 2 nitrogen and oxygen atoms in total. The van der Waals surface area contributed by atoms with Gasteiger partial charge in [-0.15, -0.1) is 0 Å². The number of methoxy groups -OCH3 is 1. The minimum Gasteiger partial charge on any atom is -0.497 e. The fourth-order valence-electron chi connectivity index (χ4n) is 1.38. The summed E-state index contributed by atoms with van der Waals surface area (Å²) in [5.41, 5.74) is 1.60. The molecule has 82 valence electrons. The lowest BCUT2D eigenvalue weighted by molar-refractivity contribution is 0.414. The second-order valence-corrected chi connectivity index (χ2v) is 4.05. The molecular weight excluding hydrogens is 245 g/mol. The van der Waals surface area contributed by atoms with E-state index < -0.39 is 0 Å². The van der Waals surface area contributed by atoms with Crippen molar-refractivity contribution in [3.8, 4) is 17.0 Å². The highest BCUT2D eigenvalue weighted by atomic mass is 35.5. The van der Waals surface area contributed by atoms with Gasteiger partial charge in [0.25, 0.3) is 0 Å². The van der Waals surface area contributed by atoms with Crippen LogP contribution >= 0.6 is 23.2 Å². The van der Waals surface area contributed by atoms with Crippen LogP contribution in [0.15, 0.2) is 36.5 Å². The fourth-order valence-corrected chi connectivity index (χ4v) is 1.89. The van der Waals surface area contributed by atoms with E-state index in [4.69, 9.17) is 27.9 Å². The number of pyridine rings is 1. The predicted molar refractivity (Wildman–Crippen MR) is 66.2 cm³/mol. The number of rotatable bonds is 2. The predicted octanol–water partition coefficient (Wildman–Crippen LogP) is 4.06. The highest BCUT2D eigenvalue weighted by molar-refractivity contribution is 6.36. The van der Waals surface area contributed by atoms with Crippen molar-refractivity contribution >= 4 is 23.2 Å². The Hall–Kier alpha value is -1.25. The lowest BCUT2D eigenvalue weighted by atomic mass is 10.1. The molecule has 0 spiro atoms. The zero-order chi connectivity index (χ0) is 11.5. The molecule has 1 heterocycles. The third-order valence-electron chi connectivity index (χ3n) is 2.17. The maximum Gasteiger partial charge on any atom is 0.122 e. The van der Waals surface area contributed by atoms with E-state index in [1.807, 2.05) is 12.1 Å². The Morgan fingerprint density at radius 3 is 2.62 bits per heavy atom. The summed E-state index contributed by atoms with van der Waals surface area (Å²) >= 11 is 11.9. The van der Waals surface area contributed by atoms with Gasteiger partial charge in [0, 0.05) is 22.8 Å². The zero-order valence-electron chi connectivity index (χ0n) is 8.58. The molecular formula is C12H9Cl2NO. The Bertz CT molecular complexity index is 514. The summed E-state index contributed by atoms with van der Waals surface area (Å²) in [6, 6.07) is 8.93. The molecule has 2 rings (SSSR count). The van der Waals surface area contributed by atoms with Gasteiger partial charge < -0.3 is 4.74 Å². The number of hydrogen-bond donors (Lipinski definition) is 0. The quantitative estimate of drug-likeness (QED) is 0.806. The smallest absolute Gasteiger partial charge is 0.122 e. The van der Waals surface area contributed by atoms with Gasteiger partial charge in [-0.3, -0.25) is 4.98 Å². The van der Waals surface area contributed by atoms with Crippen molar-refractivity contribution in [2.45, 2.75) is 0 Å². The number of nitrogens with zero attached hydrogens (tertiary/aromatic N) is 1. The minimum atomic E-state index is 0.577. The third-order valence-corrected chi connectivity index (χ3v) is 2.72. The molecule has 0 radical (unpaired) electrons. The van der Waals surface area contributed by atoms with Crippen molar-refractivity contribution in [3.63, 3.8) is 0 Å². The molecule has 0 aliphatic rings. The van der Waals surface area contributed by atoms with Gasteiger partial charge in [0.1, 0.15) is 5.75 Å². The minimum absolute atomic E-state index is 0.577. The summed E-state index contributed by atoms with van der Waals surface area (Å²) in [7, 11) is 1.61. The normalized spacial score (nSPS) is 10.2. The van der Waals surface area contributed by atoms with Gasteiger partial charge in [-0.25, -0.2) is 0 Å². The molecule has 16 heavy (non-hydrogen) atoms. The molecule has 0 unspecified atom stereocenters. The first-order valence-corrected chi connectivity index (χ1v) is 5.42. The molecule has 2 aromatic rings. The van der Waals surface area contributed by atoms with Crippen LogP contribution < -0.4 is 4.74 Å². The van der Waals surface area contributed by atoms with Crippen LogP contribution in [0.3, 0.4) is 0 Å². The number of aromatic nitrogens is 1. The second-order valence-electron chi connectivity index (χ2n) is 3.21. The van der Waals surface area contributed by atoms with Crippen molar-refractivity contribution in [3.05, 3.63) is 46.6 Å². The molecule has 0 aliphatic heterocycles. The van der Waals surface area contributed by atoms with E-state index in [0.29, 0.717) is 10.0 Å². The number of halogens is 2. The Morgan fingerprint density at radius 1 is 1.12 bits per heavy atom. The largest absolute Gasteiger partial charge is 0.497 e. The Morgan fingerprint density at radius 2 is 1.94 bits per heavy atom. The standard InChI is InChI=1S/C12H9Cl2NO/c1-16-9-4-5-15-12(7-9)10-3-2-8(13)6-11(10)14/h2-7H,1H3. The van der Waals surface area contributed by atoms with Crippen LogP contribution in [-0.2, 0) is 0 Å². The molecule has 0 saturated carbocycles. The van der Waals surface area contributed by atoms with Gasteiger partial charge in [0.05, 0.1) is 17.8 Å². The van der Waals surface area contributed by atoms with Crippen LogP contribution in [0.4, 0.5) is 0 Å². The highest BCUT2D eigenvalue weighted by Gasteiger charge is 2.06. The van der Waals surface area contributed by atoms with E-state index in [0.717, 1.165) is 17.0 Å². The summed E-state index contributed by atoms with van der Waals surface area (Å²) < 4.78 is 5.13. The van der Waals surface area contributed by atoms with E-state index in [9.17, 15) is 0 Å². The van der Waals surface area contributed by atoms with Crippen LogP contribution in [0.25, 0.3) is 11.3 Å². The fraction of sp³-hybridized carbons (Fsp3) is 0.0833. The highest BCUT2D eigenvalue weighted by Crippen LogP contribution is 2.30. The lowest BCUT2D eigenvalue weighted by Gasteiger charge is -2.05. The first kappa shape index (κ1) is 11.2. The number of hydrogen-bond acceptors (Lipinski definition) is 2. The summed E-state index contributed by atoms with van der Waals surface area (Å²) in [5, 5.41) is 1.19. The summed E-state index contributed by atoms with van der Waals surface area (Å²) in [6.45, 7) is 0. The molecule has 0 N–H and O–H groups in total. The zero-order valence-corrected chi connectivity index (χ0v) is 10.1. The van der Waals surface area contributed by atoms with E-state index in [1.165, 1.54) is 0 Å².